The second-order valence-electron chi connectivity index (χ2n) is 6.20. The highest BCUT2D eigenvalue weighted by Crippen LogP contribution is 2.12. The number of thioether (sulfide) groups is 2. The van der Waals surface area contributed by atoms with Gasteiger partial charge in [0.1, 0.15) is 18.7 Å². The third kappa shape index (κ3) is 11.4. The van der Waals surface area contributed by atoms with Crippen LogP contribution in [-0.2, 0) is 35.3 Å². The van der Waals surface area contributed by atoms with Gasteiger partial charge in [0.2, 0.25) is 11.8 Å². The molecule has 1 aromatic carbocycles. The van der Waals surface area contributed by atoms with Crippen molar-refractivity contribution in [1.29, 1.82) is 0 Å². The predicted molar refractivity (Wildman–Crippen MR) is 118 cm³/mol. The molecule has 0 radical (unpaired) electrons. The Morgan fingerprint density at radius 3 is 2.13 bits per heavy atom. The van der Waals surface area contributed by atoms with Crippen molar-refractivity contribution in [2.75, 3.05) is 18.1 Å². The molecule has 170 valence electrons. The van der Waals surface area contributed by atoms with Crippen LogP contribution in [-0.4, -0.2) is 58.4 Å². The van der Waals surface area contributed by atoms with Gasteiger partial charge >= 0.3 is 11.3 Å². The molecule has 0 fully saturated rings. The van der Waals surface area contributed by atoms with E-state index in [1.807, 2.05) is 18.2 Å². The molecule has 31 heavy (non-hydrogen) atoms. The van der Waals surface area contributed by atoms with Crippen molar-refractivity contribution in [3.05, 3.63) is 35.9 Å². The van der Waals surface area contributed by atoms with E-state index in [1.165, 1.54) is 13.8 Å². The maximum absolute atomic E-state index is 12.6. The standard InChI is InChI=1S/C20H26N2O7S2/c1-4-28-19(26)17(12-30-14(3)24)22-18(25)16(21-13(2)23)11-31-20(27)29-10-15-8-6-5-7-9-15/h5-9,16-17H,4,10-12H2,1-3H3,(H,21,23)(H,22,25)/t16-,17-/m0/s1. The molecule has 9 nitrogen and oxygen atoms in total. The molecule has 1 rings (SSSR count). The first-order chi connectivity index (χ1) is 14.7. The molecule has 0 aliphatic rings. The zero-order valence-corrected chi connectivity index (χ0v) is 19.2. The first kappa shape index (κ1) is 26.5. The maximum atomic E-state index is 12.6. The van der Waals surface area contributed by atoms with Gasteiger partial charge in [-0.05, 0) is 24.2 Å². The molecule has 11 heteroatoms. The molecule has 0 bridgehead atoms. The molecular weight excluding hydrogens is 444 g/mol. The van der Waals surface area contributed by atoms with Gasteiger partial charge in [0, 0.05) is 25.4 Å². The topological polar surface area (TPSA) is 128 Å². The lowest BCUT2D eigenvalue weighted by Crippen LogP contribution is -2.53. The van der Waals surface area contributed by atoms with Crippen molar-refractivity contribution in [1.82, 2.24) is 10.6 Å². The fraction of sp³-hybridized carbons (Fsp3) is 0.450. The smallest absolute Gasteiger partial charge is 0.367 e. The first-order valence-electron chi connectivity index (χ1n) is 9.43. The van der Waals surface area contributed by atoms with Gasteiger partial charge in [0.25, 0.3) is 0 Å². The van der Waals surface area contributed by atoms with Crippen LogP contribution in [0, 0.1) is 0 Å². The molecule has 2 atom stereocenters. The summed E-state index contributed by atoms with van der Waals surface area (Å²) in [6.45, 7) is 4.37. The van der Waals surface area contributed by atoms with Crippen LogP contribution in [0.15, 0.2) is 30.3 Å². The summed E-state index contributed by atoms with van der Waals surface area (Å²) in [6, 6.07) is 6.92. The number of hydrogen-bond acceptors (Lipinski definition) is 9. The monoisotopic (exact) mass is 470 g/mol. The summed E-state index contributed by atoms with van der Waals surface area (Å²) in [7, 11) is 0. The molecule has 0 saturated heterocycles. The number of esters is 1. The van der Waals surface area contributed by atoms with E-state index in [1.54, 1.807) is 19.1 Å². The van der Waals surface area contributed by atoms with Gasteiger partial charge in [-0.15, -0.1) is 0 Å². The van der Waals surface area contributed by atoms with E-state index in [-0.39, 0.29) is 29.8 Å². The minimum Gasteiger partial charge on any atom is -0.464 e. The molecule has 0 saturated carbocycles. The number of ether oxygens (including phenoxy) is 2. The van der Waals surface area contributed by atoms with Crippen LogP contribution in [0.5, 0.6) is 0 Å². The Morgan fingerprint density at radius 2 is 1.55 bits per heavy atom. The van der Waals surface area contributed by atoms with Crippen LogP contribution in [0.25, 0.3) is 0 Å². The molecule has 0 heterocycles. The first-order valence-corrected chi connectivity index (χ1v) is 11.4. The van der Waals surface area contributed by atoms with Gasteiger partial charge in [-0.2, -0.15) is 0 Å². The number of rotatable bonds is 11. The molecule has 1 aromatic rings. The minimum atomic E-state index is -1.09. The van der Waals surface area contributed by atoms with Gasteiger partial charge in [0.05, 0.1) is 6.61 Å². The van der Waals surface area contributed by atoms with Crippen molar-refractivity contribution in [2.24, 2.45) is 0 Å². The molecule has 0 aliphatic heterocycles. The fourth-order valence-corrected chi connectivity index (χ4v) is 3.52. The maximum Gasteiger partial charge on any atom is 0.367 e. The number of nitrogens with one attached hydrogen (secondary N) is 2. The Balaban J connectivity index is 2.68. The average molecular weight is 471 g/mol. The van der Waals surface area contributed by atoms with Crippen LogP contribution in [0.3, 0.4) is 0 Å². The molecule has 2 N–H and O–H groups in total. The number of hydrogen-bond donors (Lipinski definition) is 2. The summed E-state index contributed by atoms with van der Waals surface area (Å²) in [5, 5.41) is 4.09. The van der Waals surface area contributed by atoms with Gasteiger partial charge in [-0.25, -0.2) is 9.59 Å². The Bertz CT molecular complexity index is 774. The van der Waals surface area contributed by atoms with Gasteiger partial charge < -0.3 is 20.1 Å². The number of carbonyl (C=O) groups excluding carboxylic acids is 5. The summed E-state index contributed by atoms with van der Waals surface area (Å²) in [6.07, 6.45) is 0. The number of benzene rings is 1. The molecule has 0 spiro atoms. The highest BCUT2D eigenvalue weighted by atomic mass is 32.2. The van der Waals surface area contributed by atoms with Crippen LogP contribution in [0.4, 0.5) is 4.79 Å². The van der Waals surface area contributed by atoms with E-state index in [9.17, 15) is 24.0 Å². The Kier molecular flexibility index (Phi) is 12.4. The van der Waals surface area contributed by atoms with E-state index in [2.05, 4.69) is 10.6 Å². The van der Waals surface area contributed by atoms with Crippen LogP contribution in [0.1, 0.15) is 26.3 Å². The third-order valence-electron chi connectivity index (χ3n) is 3.60. The highest BCUT2D eigenvalue weighted by Gasteiger charge is 2.28. The van der Waals surface area contributed by atoms with Crippen molar-refractivity contribution in [3.63, 3.8) is 0 Å². The molecule has 0 unspecified atom stereocenters. The SMILES string of the molecule is CCOC(=O)[C@H](CSC(C)=O)NC(=O)[C@H](CSC(=O)OCc1ccccc1)NC(C)=O. The minimum absolute atomic E-state index is 0.0149. The van der Waals surface area contributed by atoms with E-state index in [0.717, 1.165) is 29.1 Å². The second-order valence-corrected chi connectivity index (χ2v) is 8.36. The van der Waals surface area contributed by atoms with E-state index in [0.29, 0.717) is 0 Å². The lowest BCUT2D eigenvalue weighted by molar-refractivity contribution is -0.146. The van der Waals surface area contributed by atoms with Crippen LogP contribution >= 0.6 is 23.5 Å². The summed E-state index contributed by atoms with van der Waals surface area (Å²) < 4.78 is 10.1. The van der Waals surface area contributed by atoms with Gasteiger partial charge in [0.15, 0.2) is 5.12 Å². The Morgan fingerprint density at radius 1 is 0.903 bits per heavy atom. The van der Waals surface area contributed by atoms with Crippen LogP contribution < -0.4 is 10.6 Å². The molecule has 2 amide bonds. The normalized spacial score (nSPS) is 12.2. The van der Waals surface area contributed by atoms with E-state index in [4.69, 9.17) is 9.47 Å². The lowest BCUT2D eigenvalue weighted by atomic mass is 10.2. The third-order valence-corrected chi connectivity index (χ3v) is 5.36. The summed E-state index contributed by atoms with van der Waals surface area (Å²) in [4.78, 5) is 59.5. The predicted octanol–water partition coefficient (Wildman–Crippen LogP) is 1.89. The molecule has 0 aromatic heterocycles. The largest absolute Gasteiger partial charge is 0.464 e. The van der Waals surface area contributed by atoms with Crippen molar-refractivity contribution < 1.29 is 33.4 Å². The zero-order valence-electron chi connectivity index (χ0n) is 17.5. The Labute approximate surface area is 189 Å². The van der Waals surface area contributed by atoms with Crippen molar-refractivity contribution >= 4 is 51.7 Å². The van der Waals surface area contributed by atoms with Crippen molar-refractivity contribution in [3.8, 4) is 0 Å². The number of amides is 2. The molecule has 0 aliphatic carbocycles. The summed E-state index contributed by atoms with van der Waals surface area (Å²) in [5.41, 5.74) is 0.813. The van der Waals surface area contributed by atoms with Crippen molar-refractivity contribution in [2.45, 2.75) is 39.5 Å². The lowest BCUT2D eigenvalue weighted by Gasteiger charge is -2.21. The second kappa shape index (κ2) is 14.5. The summed E-state index contributed by atoms with van der Waals surface area (Å²) >= 11 is 1.59. The zero-order chi connectivity index (χ0) is 23.2. The Hall–Kier alpha value is -2.53. The van der Waals surface area contributed by atoms with E-state index >= 15 is 0 Å². The molecular formula is C20H26N2O7S2. The average Bonchev–Trinajstić information content (AvgIpc) is 2.72. The van der Waals surface area contributed by atoms with Crippen LogP contribution in [0.2, 0.25) is 0 Å². The fourth-order valence-electron chi connectivity index (χ4n) is 2.22. The highest BCUT2D eigenvalue weighted by molar-refractivity contribution is 8.13. The summed E-state index contributed by atoms with van der Waals surface area (Å²) in [5.74, 6) is -1.97. The van der Waals surface area contributed by atoms with E-state index < -0.39 is 35.2 Å². The quantitative estimate of drug-likeness (QED) is 0.466. The van der Waals surface area contributed by atoms with Gasteiger partial charge in [-0.1, -0.05) is 42.1 Å². The number of carbonyl (C=O) groups is 5. The van der Waals surface area contributed by atoms with Gasteiger partial charge in [-0.3, -0.25) is 14.4 Å².